The molecule has 0 aliphatic carbocycles. The zero-order valence-corrected chi connectivity index (χ0v) is 35.6. The molecule has 4 aromatic carbocycles. The third-order valence-electron chi connectivity index (χ3n) is 11.6. The fourth-order valence-electron chi connectivity index (χ4n) is 8.28. The van der Waals surface area contributed by atoms with Gasteiger partial charge in [-0.1, -0.05) is 48.5 Å². The molecule has 0 atom stereocenters. The van der Waals surface area contributed by atoms with Crippen LogP contribution in [0.15, 0.2) is 146 Å². The first kappa shape index (κ1) is 38.2. The molecule has 0 radical (unpaired) electrons. The molecule has 1 aliphatic rings. The van der Waals surface area contributed by atoms with E-state index in [0.29, 0.717) is 0 Å². The van der Waals surface area contributed by atoms with Gasteiger partial charge in [-0.3, -0.25) is 0 Å². The molecular weight excluding hydrogens is 737 g/mol. The maximum Gasteiger partial charge on any atom is 0.0485 e. The maximum absolute atomic E-state index is 3.92. The molecule has 8 bridgehead atoms. The molecule has 0 fully saturated rings. The highest BCUT2D eigenvalue weighted by Crippen LogP contribution is 2.30. The number of H-pyrrole nitrogens is 4. The number of aromatic amines is 4. The number of aromatic nitrogens is 4. The van der Waals surface area contributed by atoms with Crippen molar-refractivity contribution in [3.05, 3.63) is 212 Å². The molecule has 4 aromatic heterocycles. The topological polar surface area (TPSA) is 76.1 Å². The Hall–Kier alpha value is -7.32. The fraction of sp³-hybridized carbons (Fsp3) is 0.154. The summed E-state index contributed by atoms with van der Waals surface area (Å²) >= 11 is 0. The molecule has 300 valence electrons. The van der Waals surface area contributed by atoms with Crippen LogP contribution >= 0.6 is 0 Å². The molecule has 1 aliphatic heterocycles. The van der Waals surface area contributed by atoms with E-state index in [2.05, 4.69) is 242 Å². The van der Waals surface area contributed by atoms with Crippen LogP contribution in [-0.4, -0.2) is 76.3 Å². The van der Waals surface area contributed by atoms with Crippen LogP contribution in [0.2, 0.25) is 0 Å². The van der Waals surface area contributed by atoms with E-state index < -0.39 is 0 Å². The summed E-state index contributed by atoms with van der Waals surface area (Å²) in [7, 11) is 16.6. The van der Waals surface area contributed by atoms with Crippen molar-refractivity contribution in [1.82, 2.24) is 19.9 Å². The van der Waals surface area contributed by atoms with E-state index in [4.69, 9.17) is 0 Å². The Morgan fingerprint density at radius 1 is 0.233 bits per heavy atom. The predicted octanol–water partition coefficient (Wildman–Crippen LogP) is 6.57. The van der Waals surface area contributed by atoms with Crippen LogP contribution in [0.1, 0.15) is 45.0 Å². The van der Waals surface area contributed by atoms with Crippen molar-refractivity contribution in [3.8, 4) is 0 Å². The third-order valence-corrected chi connectivity index (χ3v) is 11.6. The number of anilines is 4. The molecule has 4 N–H and O–H groups in total. The maximum atomic E-state index is 3.92. The molecule has 9 rings (SSSR count). The Bertz CT molecular complexity index is 2640. The lowest BCUT2D eigenvalue weighted by Crippen LogP contribution is -2.19. The standard InChI is InChI=1S/C52H52N8/c1-57(2)37-17-9-33(10-18-37)49-41-25-27-43(53-41)50(34-11-19-38(20-12-34)58(3)4)45-29-31-47(55-45)52(36-15-23-40(24-16-36)60(7)8)48-32-30-46(56-48)51(44-28-26-42(49)54-44)35-13-21-39(22-14-35)59(5)6/h9-32,53-56H,1-8H3. The van der Waals surface area contributed by atoms with Crippen molar-refractivity contribution < 1.29 is 0 Å². The number of nitrogens with one attached hydrogen (secondary N) is 4. The van der Waals surface area contributed by atoms with Crippen LogP contribution < -0.4 is 41.0 Å². The number of hydrogen-bond donors (Lipinski definition) is 4. The summed E-state index contributed by atoms with van der Waals surface area (Å²) in [6.07, 6.45) is 0. The zero-order valence-electron chi connectivity index (χ0n) is 35.6. The highest BCUT2D eigenvalue weighted by molar-refractivity contribution is 5.85. The van der Waals surface area contributed by atoms with Gasteiger partial charge in [-0.2, -0.15) is 0 Å². The van der Waals surface area contributed by atoms with E-state index >= 15 is 0 Å². The molecule has 0 unspecified atom stereocenters. The molecule has 5 heterocycles. The molecule has 60 heavy (non-hydrogen) atoms. The first-order chi connectivity index (χ1) is 29.0. The molecule has 8 aromatic rings. The number of rotatable bonds is 8. The highest BCUT2D eigenvalue weighted by Gasteiger charge is 2.19. The van der Waals surface area contributed by atoms with Gasteiger partial charge in [-0.05, 0) is 119 Å². The molecular formula is C52H52N8. The number of fused-ring (bicyclic) bond motifs is 8. The Balaban J connectivity index is 1.39. The molecule has 0 amide bonds. The van der Waals surface area contributed by atoms with Gasteiger partial charge in [0.05, 0.1) is 0 Å². The quantitative estimate of drug-likeness (QED) is 0.141. The van der Waals surface area contributed by atoms with Gasteiger partial charge in [0.1, 0.15) is 0 Å². The smallest absolute Gasteiger partial charge is 0.0485 e. The van der Waals surface area contributed by atoms with Crippen molar-refractivity contribution in [2.24, 2.45) is 0 Å². The van der Waals surface area contributed by atoms with E-state index in [9.17, 15) is 0 Å². The highest BCUT2D eigenvalue weighted by atomic mass is 15.1. The SMILES string of the molecule is CN(C)c1ccc(C2=c3ccc([nH]3)=C(c3ccc(N(C)C)cc3)c3ccc([nH]3)C(c3ccc(N(C)C)cc3)=c3ccc([nH]3)=C(c3ccc(N(C)C)cc3)c3ccc2[nH]3)cc1. The van der Waals surface area contributed by atoms with E-state index in [1.807, 2.05) is 0 Å². The van der Waals surface area contributed by atoms with Crippen LogP contribution in [0, 0.1) is 0 Å². The number of nitrogens with zero attached hydrogens (tertiary/aromatic N) is 4. The summed E-state index contributed by atoms with van der Waals surface area (Å²) in [5.74, 6) is 0. The Morgan fingerprint density at radius 3 is 0.617 bits per heavy atom. The Kier molecular flexibility index (Phi) is 9.84. The summed E-state index contributed by atoms with van der Waals surface area (Å²) in [4.78, 5) is 24.2. The monoisotopic (exact) mass is 788 g/mol. The van der Waals surface area contributed by atoms with Crippen LogP contribution in [0.3, 0.4) is 0 Å². The average Bonchev–Trinajstić information content (AvgIpc) is 4.10. The molecule has 8 heteroatoms. The van der Waals surface area contributed by atoms with Crippen molar-refractivity contribution in [2.75, 3.05) is 76.0 Å². The second-order valence-corrected chi connectivity index (χ2v) is 16.4. The van der Waals surface area contributed by atoms with Gasteiger partial charge in [-0.15, -0.1) is 0 Å². The predicted molar refractivity (Wildman–Crippen MR) is 251 cm³/mol. The first-order valence-corrected chi connectivity index (χ1v) is 20.4. The summed E-state index contributed by atoms with van der Waals surface area (Å²) in [5, 5.41) is 4.07. The molecule has 0 spiro atoms. The van der Waals surface area contributed by atoms with E-state index in [1.54, 1.807) is 0 Å². The van der Waals surface area contributed by atoms with Crippen LogP contribution in [0.5, 0.6) is 0 Å². The van der Waals surface area contributed by atoms with E-state index in [-0.39, 0.29) is 0 Å². The summed E-state index contributed by atoms with van der Waals surface area (Å²) in [6.45, 7) is 0. The first-order valence-electron chi connectivity index (χ1n) is 20.4. The van der Waals surface area contributed by atoms with Crippen molar-refractivity contribution in [3.63, 3.8) is 0 Å². The van der Waals surface area contributed by atoms with Crippen molar-refractivity contribution >= 4 is 45.0 Å². The van der Waals surface area contributed by atoms with Gasteiger partial charge in [0, 0.05) is 146 Å². The Labute approximate surface area is 351 Å². The number of hydrogen-bond acceptors (Lipinski definition) is 4. The average molecular weight is 789 g/mol. The minimum atomic E-state index is 1.02. The second kappa shape index (κ2) is 15.5. The minimum absolute atomic E-state index is 1.02. The van der Waals surface area contributed by atoms with Crippen LogP contribution in [0.4, 0.5) is 22.7 Å². The lowest BCUT2D eigenvalue weighted by molar-refractivity contribution is 1.13. The lowest BCUT2D eigenvalue weighted by atomic mass is 10.0. The van der Waals surface area contributed by atoms with Crippen LogP contribution in [-0.2, 0) is 0 Å². The summed E-state index contributed by atoms with van der Waals surface area (Å²) in [6, 6.07) is 53.0. The van der Waals surface area contributed by atoms with E-state index in [1.165, 1.54) is 0 Å². The normalized spacial score (nSPS) is 12.5. The fourth-order valence-corrected chi connectivity index (χ4v) is 8.28. The van der Waals surface area contributed by atoms with Crippen molar-refractivity contribution in [1.29, 1.82) is 0 Å². The second-order valence-electron chi connectivity index (χ2n) is 16.4. The molecule has 8 nitrogen and oxygen atoms in total. The summed E-state index contributed by atoms with van der Waals surface area (Å²) < 4.78 is 0. The third kappa shape index (κ3) is 7.11. The van der Waals surface area contributed by atoms with Gasteiger partial charge in [0.25, 0.3) is 0 Å². The van der Waals surface area contributed by atoms with Gasteiger partial charge in [-0.25, -0.2) is 0 Å². The van der Waals surface area contributed by atoms with Gasteiger partial charge >= 0.3 is 0 Å². The van der Waals surface area contributed by atoms with Crippen LogP contribution in [0.25, 0.3) is 22.3 Å². The number of benzene rings is 4. The Morgan fingerprint density at radius 2 is 0.433 bits per heavy atom. The van der Waals surface area contributed by atoms with Crippen molar-refractivity contribution in [2.45, 2.75) is 0 Å². The van der Waals surface area contributed by atoms with Gasteiger partial charge in [0.15, 0.2) is 0 Å². The lowest BCUT2D eigenvalue weighted by Gasteiger charge is -2.15. The summed E-state index contributed by atoms with van der Waals surface area (Å²) in [5.41, 5.74) is 17.5. The van der Waals surface area contributed by atoms with Gasteiger partial charge in [0.2, 0.25) is 0 Å². The molecule has 0 saturated heterocycles. The molecule has 0 saturated carbocycles. The largest absolute Gasteiger partial charge is 0.378 e. The zero-order chi connectivity index (χ0) is 41.7. The van der Waals surface area contributed by atoms with Gasteiger partial charge < -0.3 is 39.5 Å². The minimum Gasteiger partial charge on any atom is -0.378 e. The van der Waals surface area contributed by atoms with E-state index in [0.717, 1.165) is 111 Å².